The van der Waals surface area contributed by atoms with Crippen molar-refractivity contribution in [1.29, 1.82) is 0 Å². The van der Waals surface area contributed by atoms with Crippen LogP contribution in [0.5, 0.6) is 5.75 Å². The lowest BCUT2D eigenvalue weighted by Gasteiger charge is -2.03. The highest BCUT2D eigenvalue weighted by Gasteiger charge is 2.14. The minimum atomic E-state index is 0.525. The SMILES string of the molecule is CCc1cc(N)c2oc(-c3ccccc3OC)nc2c1. The Morgan fingerprint density at radius 1 is 1.25 bits per heavy atom. The maximum atomic E-state index is 6.03. The molecule has 102 valence electrons. The van der Waals surface area contributed by atoms with Crippen LogP contribution in [0, 0.1) is 0 Å². The van der Waals surface area contributed by atoms with Crippen molar-refractivity contribution in [2.45, 2.75) is 13.3 Å². The smallest absolute Gasteiger partial charge is 0.231 e. The van der Waals surface area contributed by atoms with E-state index < -0.39 is 0 Å². The third kappa shape index (κ3) is 1.99. The molecule has 0 saturated carbocycles. The number of anilines is 1. The molecular weight excluding hydrogens is 252 g/mol. The van der Waals surface area contributed by atoms with E-state index in [1.165, 1.54) is 0 Å². The second kappa shape index (κ2) is 4.89. The molecule has 0 fully saturated rings. The van der Waals surface area contributed by atoms with Gasteiger partial charge >= 0.3 is 0 Å². The summed E-state index contributed by atoms with van der Waals surface area (Å²) in [7, 11) is 1.63. The number of benzene rings is 2. The Labute approximate surface area is 117 Å². The zero-order valence-electron chi connectivity index (χ0n) is 11.5. The van der Waals surface area contributed by atoms with Gasteiger partial charge in [0.05, 0.1) is 18.4 Å². The Kier molecular flexibility index (Phi) is 3.06. The van der Waals surface area contributed by atoms with Crippen LogP contribution >= 0.6 is 0 Å². The maximum Gasteiger partial charge on any atom is 0.231 e. The molecule has 0 spiro atoms. The van der Waals surface area contributed by atoms with Crippen molar-refractivity contribution >= 4 is 16.8 Å². The molecule has 1 aromatic heterocycles. The average molecular weight is 268 g/mol. The first-order valence-electron chi connectivity index (χ1n) is 6.55. The molecule has 0 atom stereocenters. The molecule has 0 aliphatic heterocycles. The predicted octanol–water partition coefficient (Wildman–Crippen LogP) is 3.65. The Bertz CT molecular complexity index is 762. The van der Waals surface area contributed by atoms with Crippen LogP contribution in [0.3, 0.4) is 0 Å². The van der Waals surface area contributed by atoms with Crippen molar-refractivity contribution in [1.82, 2.24) is 4.98 Å². The standard InChI is InChI=1S/C16H16N2O2/c1-3-10-8-12(17)15-13(9-10)18-16(20-15)11-6-4-5-7-14(11)19-2/h4-9H,3,17H2,1-2H3. The number of fused-ring (bicyclic) bond motifs is 1. The predicted molar refractivity (Wildman–Crippen MR) is 79.8 cm³/mol. The van der Waals surface area contributed by atoms with Crippen LogP contribution in [0.25, 0.3) is 22.6 Å². The van der Waals surface area contributed by atoms with Crippen molar-refractivity contribution in [2.24, 2.45) is 0 Å². The molecule has 4 nitrogen and oxygen atoms in total. The van der Waals surface area contributed by atoms with Crippen LogP contribution < -0.4 is 10.5 Å². The number of ether oxygens (including phenoxy) is 1. The van der Waals surface area contributed by atoms with Gasteiger partial charge < -0.3 is 14.9 Å². The molecular formula is C16H16N2O2. The number of aryl methyl sites for hydroxylation is 1. The average Bonchev–Trinajstić information content (AvgIpc) is 2.91. The van der Waals surface area contributed by atoms with E-state index in [1.54, 1.807) is 7.11 Å². The molecule has 2 aromatic carbocycles. The number of para-hydroxylation sites is 1. The number of nitrogens with two attached hydrogens (primary N) is 1. The van der Waals surface area contributed by atoms with Crippen molar-refractivity contribution in [3.63, 3.8) is 0 Å². The lowest BCUT2D eigenvalue weighted by Crippen LogP contribution is -1.88. The van der Waals surface area contributed by atoms with Crippen molar-refractivity contribution < 1.29 is 9.15 Å². The molecule has 2 N–H and O–H groups in total. The second-order valence-electron chi connectivity index (χ2n) is 4.61. The van der Waals surface area contributed by atoms with E-state index in [0.29, 0.717) is 17.2 Å². The molecule has 0 unspecified atom stereocenters. The van der Waals surface area contributed by atoms with Crippen LogP contribution in [0.15, 0.2) is 40.8 Å². The number of methoxy groups -OCH3 is 1. The number of hydrogen-bond acceptors (Lipinski definition) is 4. The van der Waals surface area contributed by atoms with E-state index in [4.69, 9.17) is 14.9 Å². The van der Waals surface area contributed by atoms with Crippen molar-refractivity contribution in [3.8, 4) is 17.2 Å². The molecule has 0 bridgehead atoms. The van der Waals surface area contributed by atoms with Crippen LogP contribution in [-0.4, -0.2) is 12.1 Å². The van der Waals surface area contributed by atoms with E-state index in [2.05, 4.69) is 11.9 Å². The first-order valence-corrected chi connectivity index (χ1v) is 6.55. The van der Waals surface area contributed by atoms with E-state index in [1.807, 2.05) is 36.4 Å². The summed E-state index contributed by atoms with van der Waals surface area (Å²) in [5, 5.41) is 0. The molecule has 4 heteroatoms. The monoisotopic (exact) mass is 268 g/mol. The summed E-state index contributed by atoms with van der Waals surface area (Å²) in [6.45, 7) is 2.09. The van der Waals surface area contributed by atoms with E-state index in [-0.39, 0.29) is 0 Å². The van der Waals surface area contributed by atoms with Gasteiger partial charge in [-0.3, -0.25) is 0 Å². The third-order valence-electron chi connectivity index (χ3n) is 3.32. The summed E-state index contributed by atoms with van der Waals surface area (Å²) in [5.74, 6) is 1.26. The molecule has 0 radical (unpaired) electrons. The normalized spacial score (nSPS) is 10.9. The van der Waals surface area contributed by atoms with Gasteiger partial charge in [-0.15, -0.1) is 0 Å². The van der Waals surface area contributed by atoms with Gasteiger partial charge in [-0.25, -0.2) is 4.98 Å². The van der Waals surface area contributed by atoms with Gasteiger partial charge in [0.1, 0.15) is 11.3 Å². The summed E-state index contributed by atoms with van der Waals surface area (Å²) >= 11 is 0. The van der Waals surface area contributed by atoms with E-state index in [9.17, 15) is 0 Å². The van der Waals surface area contributed by atoms with Crippen LogP contribution in [0.2, 0.25) is 0 Å². The summed E-state index contributed by atoms with van der Waals surface area (Å²) in [6, 6.07) is 11.6. The fraction of sp³-hybridized carbons (Fsp3) is 0.188. The first kappa shape index (κ1) is 12.5. The lowest BCUT2D eigenvalue weighted by atomic mass is 10.1. The largest absolute Gasteiger partial charge is 0.496 e. The lowest BCUT2D eigenvalue weighted by molar-refractivity contribution is 0.414. The number of hydrogen-bond donors (Lipinski definition) is 1. The fourth-order valence-electron chi connectivity index (χ4n) is 2.26. The number of nitrogen functional groups attached to an aromatic ring is 1. The minimum absolute atomic E-state index is 0.525. The highest BCUT2D eigenvalue weighted by Crippen LogP contribution is 2.33. The van der Waals surface area contributed by atoms with E-state index >= 15 is 0 Å². The fourth-order valence-corrected chi connectivity index (χ4v) is 2.26. The molecule has 3 rings (SSSR count). The van der Waals surface area contributed by atoms with Crippen molar-refractivity contribution in [3.05, 3.63) is 42.0 Å². The molecule has 1 heterocycles. The van der Waals surface area contributed by atoms with Crippen LogP contribution in [0.1, 0.15) is 12.5 Å². The molecule has 3 aromatic rings. The minimum Gasteiger partial charge on any atom is -0.496 e. The summed E-state index contributed by atoms with van der Waals surface area (Å²) < 4.78 is 11.2. The Balaban J connectivity index is 2.20. The van der Waals surface area contributed by atoms with Gasteiger partial charge in [0.15, 0.2) is 5.58 Å². The van der Waals surface area contributed by atoms with Gasteiger partial charge in [0.2, 0.25) is 5.89 Å². The van der Waals surface area contributed by atoms with E-state index in [0.717, 1.165) is 28.8 Å². The molecule has 0 amide bonds. The molecule has 0 saturated heterocycles. The third-order valence-corrected chi connectivity index (χ3v) is 3.32. The zero-order valence-corrected chi connectivity index (χ0v) is 11.5. The van der Waals surface area contributed by atoms with Gasteiger partial charge in [-0.2, -0.15) is 0 Å². The first-order chi connectivity index (χ1) is 9.72. The molecule has 20 heavy (non-hydrogen) atoms. The zero-order chi connectivity index (χ0) is 14.1. The number of nitrogens with zero attached hydrogens (tertiary/aromatic N) is 1. The quantitative estimate of drug-likeness (QED) is 0.736. The van der Waals surface area contributed by atoms with Gasteiger partial charge in [-0.1, -0.05) is 19.1 Å². The van der Waals surface area contributed by atoms with Gasteiger partial charge in [-0.05, 0) is 36.2 Å². The number of rotatable bonds is 3. The summed E-state index contributed by atoms with van der Waals surface area (Å²) in [4.78, 5) is 4.53. The molecule has 0 aliphatic carbocycles. The Morgan fingerprint density at radius 3 is 2.80 bits per heavy atom. The number of oxazole rings is 1. The summed E-state index contributed by atoms with van der Waals surface area (Å²) in [6.07, 6.45) is 0.914. The summed E-state index contributed by atoms with van der Waals surface area (Å²) in [5.41, 5.74) is 10.0. The second-order valence-corrected chi connectivity index (χ2v) is 4.61. The Morgan fingerprint density at radius 2 is 2.05 bits per heavy atom. The van der Waals surface area contributed by atoms with Gasteiger partial charge in [0, 0.05) is 0 Å². The van der Waals surface area contributed by atoms with Crippen LogP contribution in [0.4, 0.5) is 5.69 Å². The maximum absolute atomic E-state index is 6.03. The van der Waals surface area contributed by atoms with Crippen molar-refractivity contribution in [2.75, 3.05) is 12.8 Å². The van der Waals surface area contributed by atoms with Gasteiger partial charge in [0.25, 0.3) is 0 Å². The topological polar surface area (TPSA) is 61.3 Å². The Hall–Kier alpha value is -2.49. The van der Waals surface area contributed by atoms with Crippen LogP contribution in [-0.2, 0) is 6.42 Å². The number of aromatic nitrogens is 1. The molecule has 0 aliphatic rings. The highest BCUT2D eigenvalue weighted by atomic mass is 16.5. The highest BCUT2D eigenvalue weighted by molar-refractivity contribution is 5.88.